The fraction of sp³-hybridized carbons (Fsp3) is 1.00. The molecule has 0 amide bonds. The summed E-state index contributed by atoms with van der Waals surface area (Å²) in [5.41, 5.74) is 6.32. The Morgan fingerprint density at radius 3 is 2.60 bits per heavy atom. The Kier molecular flexibility index (Phi) is 1.29. The van der Waals surface area contributed by atoms with Crippen LogP contribution < -0.4 is 5.73 Å². The van der Waals surface area contributed by atoms with Gasteiger partial charge in [-0.2, -0.15) is 0 Å². The SMILES string of the molecule is CN1CCCC12CC(N)C2. The smallest absolute Gasteiger partial charge is 0.0236 e. The summed E-state index contributed by atoms with van der Waals surface area (Å²) in [7, 11) is 2.24. The van der Waals surface area contributed by atoms with Crippen LogP contribution in [0.15, 0.2) is 0 Å². The van der Waals surface area contributed by atoms with Gasteiger partial charge in [-0.3, -0.25) is 0 Å². The lowest BCUT2D eigenvalue weighted by molar-refractivity contribution is 0.0607. The maximum absolute atomic E-state index is 5.77. The molecule has 0 unspecified atom stereocenters. The van der Waals surface area contributed by atoms with E-state index in [1.165, 1.54) is 32.2 Å². The maximum Gasteiger partial charge on any atom is 0.0236 e. The van der Waals surface area contributed by atoms with Crippen molar-refractivity contribution < 1.29 is 0 Å². The van der Waals surface area contributed by atoms with Crippen LogP contribution in [-0.2, 0) is 0 Å². The molecule has 2 heteroatoms. The van der Waals surface area contributed by atoms with E-state index in [2.05, 4.69) is 11.9 Å². The highest BCUT2D eigenvalue weighted by Gasteiger charge is 2.47. The van der Waals surface area contributed by atoms with Crippen molar-refractivity contribution >= 4 is 0 Å². The lowest BCUT2D eigenvalue weighted by atomic mass is 9.71. The van der Waals surface area contributed by atoms with Gasteiger partial charge in [0.25, 0.3) is 0 Å². The topological polar surface area (TPSA) is 29.3 Å². The van der Waals surface area contributed by atoms with Gasteiger partial charge in [-0.25, -0.2) is 0 Å². The quantitative estimate of drug-likeness (QED) is 0.533. The summed E-state index contributed by atoms with van der Waals surface area (Å²) in [5, 5.41) is 0. The molecule has 0 aromatic carbocycles. The highest BCUT2D eigenvalue weighted by Crippen LogP contribution is 2.43. The van der Waals surface area contributed by atoms with Gasteiger partial charge in [0.2, 0.25) is 0 Å². The first-order chi connectivity index (χ1) is 4.73. The van der Waals surface area contributed by atoms with Crippen molar-refractivity contribution in [1.82, 2.24) is 4.90 Å². The minimum Gasteiger partial charge on any atom is -0.328 e. The minimum absolute atomic E-state index is 0.501. The Morgan fingerprint density at radius 2 is 2.20 bits per heavy atom. The van der Waals surface area contributed by atoms with Gasteiger partial charge in [-0.15, -0.1) is 0 Å². The summed E-state index contributed by atoms with van der Waals surface area (Å²) in [6, 6.07) is 0.501. The molecule has 10 heavy (non-hydrogen) atoms. The number of nitrogens with two attached hydrogens (primary N) is 1. The van der Waals surface area contributed by atoms with Crippen LogP contribution in [0.5, 0.6) is 0 Å². The van der Waals surface area contributed by atoms with E-state index in [0.29, 0.717) is 11.6 Å². The Morgan fingerprint density at radius 1 is 1.50 bits per heavy atom. The zero-order valence-electron chi connectivity index (χ0n) is 6.64. The van der Waals surface area contributed by atoms with Crippen molar-refractivity contribution in [2.45, 2.75) is 37.3 Å². The van der Waals surface area contributed by atoms with Crippen molar-refractivity contribution in [3.8, 4) is 0 Å². The first kappa shape index (κ1) is 6.62. The number of rotatable bonds is 0. The number of hydrogen-bond acceptors (Lipinski definition) is 2. The molecule has 0 radical (unpaired) electrons. The molecule has 1 spiro atoms. The third-order valence-corrected chi connectivity index (χ3v) is 3.23. The molecule has 1 saturated heterocycles. The van der Waals surface area contributed by atoms with Crippen LogP contribution >= 0.6 is 0 Å². The van der Waals surface area contributed by atoms with Gasteiger partial charge >= 0.3 is 0 Å². The molecule has 0 aromatic heterocycles. The van der Waals surface area contributed by atoms with Gasteiger partial charge in [-0.1, -0.05) is 0 Å². The monoisotopic (exact) mass is 140 g/mol. The van der Waals surface area contributed by atoms with E-state index in [1.807, 2.05) is 0 Å². The zero-order valence-corrected chi connectivity index (χ0v) is 6.64. The van der Waals surface area contributed by atoms with Crippen LogP contribution in [0.1, 0.15) is 25.7 Å². The van der Waals surface area contributed by atoms with E-state index >= 15 is 0 Å². The fourth-order valence-corrected chi connectivity index (χ4v) is 2.51. The second-order valence-corrected chi connectivity index (χ2v) is 3.92. The lowest BCUT2D eigenvalue weighted by Gasteiger charge is -2.48. The highest BCUT2D eigenvalue weighted by molar-refractivity contribution is 5.06. The van der Waals surface area contributed by atoms with Crippen LogP contribution in [0.2, 0.25) is 0 Å². The fourth-order valence-electron chi connectivity index (χ4n) is 2.51. The van der Waals surface area contributed by atoms with Gasteiger partial charge in [0.1, 0.15) is 0 Å². The molecule has 2 N–H and O–H groups in total. The van der Waals surface area contributed by atoms with E-state index in [0.717, 1.165) is 0 Å². The molecule has 2 rings (SSSR count). The van der Waals surface area contributed by atoms with E-state index in [9.17, 15) is 0 Å². The van der Waals surface area contributed by atoms with Crippen molar-refractivity contribution in [3.05, 3.63) is 0 Å². The van der Waals surface area contributed by atoms with Crippen LogP contribution in [0.25, 0.3) is 0 Å². The molecule has 1 aliphatic heterocycles. The molecule has 1 saturated carbocycles. The average Bonchev–Trinajstić information content (AvgIpc) is 2.12. The molecule has 2 fully saturated rings. The largest absolute Gasteiger partial charge is 0.328 e. The van der Waals surface area contributed by atoms with Gasteiger partial charge in [0.05, 0.1) is 0 Å². The van der Waals surface area contributed by atoms with Gasteiger partial charge in [-0.05, 0) is 39.3 Å². The summed E-state index contributed by atoms with van der Waals surface area (Å²) >= 11 is 0. The second-order valence-electron chi connectivity index (χ2n) is 3.92. The lowest BCUT2D eigenvalue weighted by Crippen LogP contribution is -2.57. The van der Waals surface area contributed by atoms with E-state index < -0.39 is 0 Å². The molecule has 1 heterocycles. The van der Waals surface area contributed by atoms with Crippen molar-refractivity contribution in [3.63, 3.8) is 0 Å². The standard InChI is InChI=1S/C8H16N2/c1-10-4-2-3-8(10)5-7(9)6-8/h7H,2-6,9H2,1H3. The van der Waals surface area contributed by atoms with Crippen LogP contribution in [0.3, 0.4) is 0 Å². The molecule has 0 aromatic rings. The van der Waals surface area contributed by atoms with E-state index in [4.69, 9.17) is 5.73 Å². The Bertz CT molecular complexity index is 138. The summed E-state index contributed by atoms with van der Waals surface area (Å²) in [4.78, 5) is 2.50. The molecule has 0 bridgehead atoms. The normalized spacial score (nSPS) is 48.0. The molecule has 1 aliphatic carbocycles. The first-order valence-electron chi connectivity index (χ1n) is 4.20. The van der Waals surface area contributed by atoms with Crippen molar-refractivity contribution in [1.29, 1.82) is 0 Å². The number of likely N-dealkylation sites (tertiary alicyclic amines) is 1. The molecular weight excluding hydrogens is 124 g/mol. The first-order valence-corrected chi connectivity index (χ1v) is 4.20. The summed E-state index contributed by atoms with van der Waals surface area (Å²) in [6.45, 7) is 1.28. The van der Waals surface area contributed by atoms with Crippen molar-refractivity contribution in [2.75, 3.05) is 13.6 Å². The Hall–Kier alpha value is -0.0800. The Labute approximate surface area is 62.4 Å². The average molecular weight is 140 g/mol. The minimum atomic E-state index is 0.501. The van der Waals surface area contributed by atoms with Crippen LogP contribution in [0, 0.1) is 0 Å². The van der Waals surface area contributed by atoms with E-state index in [1.54, 1.807) is 0 Å². The maximum atomic E-state index is 5.77. The third-order valence-electron chi connectivity index (χ3n) is 3.23. The van der Waals surface area contributed by atoms with Gasteiger partial charge < -0.3 is 10.6 Å². The second kappa shape index (κ2) is 1.95. The van der Waals surface area contributed by atoms with Gasteiger partial charge in [0, 0.05) is 11.6 Å². The van der Waals surface area contributed by atoms with Crippen molar-refractivity contribution in [2.24, 2.45) is 5.73 Å². The molecule has 0 atom stereocenters. The number of nitrogens with zero attached hydrogens (tertiary/aromatic N) is 1. The van der Waals surface area contributed by atoms with Crippen LogP contribution in [-0.4, -0.2) is 30.1 Å². The molecular formula is C8H16N2. The summed E-state index contributed by atoms with van der Waals surface area (Å²) in [5.74, 6) is 0. The number of hydrogen-bond donors (Lipinski definition) is 1. The molecule has 58 valence electrons. The van der Waals surface area contributed by atoms with E-state index in [-0.39, 0.29) is 0 Å². The third kappa shape index (κ3) is 0.722. The summed E-state index contributed by atoms with van der Waals surface area (Å²) in [6.07, 6.45) is 5.24. The molecule has 2 aliphatic rings. The summed E-state index contributed by atoms with van der Waals surface area (Å²) < 4.78 is 0. The highest BCUT2D eigenvalue weighted by atomic mass is 15.2. The van der Waals surface area contributed by atoms with Gasteiger partial charge in [0.15, 0.2) is 0 Å². The predicted molar refractivity (Wildman–Crippen MR) is 41.8 cm³/mol. The zero-order chi connectivity index (χ0) is 7.19. The Balaban J connectivity index is 2.03. The molecule has 2 nitrogen and oxygen atoms in total. The van der Waals surface area contributed by atoms with Crippen LogP contribution in [0.4, 0.5) is 0 Å². The predicted octanol–water partition coefficient (Wildman–Crippen LogP) is 0.572.